The van der Waals surface area contributed by atoms with E-state index >= 15 is 0 Å². The fourth-order valence-corrected chi connectivity index (χ4v) is 1.72. The molecular formula is C13H15NO3. The van der Waals surface area contributed by atoms with Gasteiger partial charge in [0, 0.05) is 0 Å². The molecule has 4 heteroatoms. The molecule has 0 aliphatic heterocycles. The molecule has 2 rings (SSSR count). The Balaban J connectivity index is 2.33. The zero-order valence-electron chi connectivity index (χ0n) is 9.97. The maximum Gasteiger partial charge on any atom is 0.318 e. The number of rotatable bonds is 4. The molecule has 0 aliphatic carbocycles. The first-order chi connectivity index (χ1) is 8.26. The summed E-state index contributed by atoms with van der Waals surface area (Å²) in [6.07, 6.45) is 0.617. The summed E-state index contributed by atoms with van der Waals surface area (Å²) in [4.78, 5) is 16.0. The van der Waals surface area contributed by atoms with Gasteiger partial charge in [0.05, 0.1) is 6.61 Å². The predicted octanol–water partition coefficient (Wildman–Crippen LogP) is 2.88. The Bertz CT molecular complexity index is 485. The summed E-state index contributed by atoms with van der Waals surface area (Å²) in [5, 5.41) is 0. The van der Waals surface area contributed by atoms with Crippen LogP contribution >= 0.6 is 0 Å². The topological polar surface area (TPSA) is 52.3 Å². The van der Waals surface area contributed by atoms with Crippen LogP contribution in [-0.2, 0) is 9.53 Å². The molecule has 0 N–H and O–H groups in total. The summed E-state index contributed by atoms with van der Waals surface area (Å²) in [6.45, 7) is 4.07. The Morgan fingerprint density at radius 3 is 2.82 bits per heavy atom. The SMILES string of the molecule is CCOC(=O)C(CC)c1nc2ccccc2o1. The van der Waals surface area contributed by atoms with E-state index in [1.807, 2.05) is 31.2 Å². The van der Waals surface area contributed by atoms with Gasteiger partial charge in [-0.25, -0.2) is 4.98 Å². The van der Waals surface area contributed by atoms with Gasteiger partial charge in [0.25, 0.3) is 0 Å². The molecule has 0 radical (unpaired) electrons. The van der Waals surface area contributed by atoms with Crippen LogP contribution in [0.4, 0.5) is 0 Å². The fraction of sp³-hybridized carbons (Fsp3) is 0.385. The van der Waals surface area contributed by atoms with Crippen molar-refractivity contribution in [2.45, 2.75) is 26.2 Å². The molecule has 1 atom stereocenters. The fourth-order valence-electron chi connectivity index (χ4n) is 1.72. The van der Waals surface area contributed by atoms with Crippen molar-refractivity contribution in [3.8, 4) is 0 Å². The number of para-hydroxylation sites is 2. The van der Waals surface area contributed by atoms with E-state index in [9.17, 15) is 4.79 Å². The normalized spacial score (nSPS) is 12.6. The largest absolute Gasteiger partial charge is 0.465 e. The van der Waals surface area contributed by atoms with E-state index in [2.05, 4.69) is 4.98 Å². The summed E-state index contributed by atoms with van der Waals surface area (Å²) < 4.78 is 10.6. The van der Waals surface area contributed by atoms with E-state index in [-0.39, 0.29) is 5.97 Å². The second-order valence-corrected chi connectivity index (χ2v) is 3.73. The summed E-state index contributed by atoms with van der Waals surface area (Å²) in [5.41, 5.74) is 1.47. The number of hydrogen-bond donors (Lipinski definition) is 0. The summed E-state index contributed by atoms with van der Waals surface area (Å²) in [6, 6.07) is 7.46. The zero-order chi connectivity index (χ0) is 12.3. The van der Waals surface area contributed by atoms with Crippen LogP contribution < -0.4 is 0 Å². The second kappa shape index (κ2) is 4.99. The van der Waals surface area contributed by atoms with Crippen molar-refractivity contribution in [1.29, 1.82) is 0 Å². The number of oxazole rings is 1. The Hall–Kier alpha value is -1.84. The van der Waals surface area contributed by atoms with Crippen molar-refractivity contribution in [3.05, 3.63) is 30.2 Å². The molecular weight excluding hydrogens is 218 g/mol. The highest BCUT2D eigenvalue weighted by Gasteiger charge is 2.25. The van der Waals surface area contributed by atoms with Gasteiger partial charge >= 0.3 is 5.97 Å². The number of carbonyl (C=O) groups is 1. The van der Waals surface area contributed by atoms with Crippen LogP contribution in [0, 0.1) is 0 Å². The molecule has 1 heterocycles. The smallest absolute Gasteiger partial charge is 0.318 e. The van der Waals surface area contributed by atoms with Gasteiger partial charge in [0.2, 0.25) is 5.89 Å². The molecule has 17 heavy (non-hydrogen) atoms. The van der Waals surface area contributed by atoms with Gasteiger partial charge in [-0.15, -0.1) is 0 Å². The van der Waals surface area contributed by atoms with E-state index in [1.54, 1.807) is 6.92 Å². The van der Waals surface area contributed by atoms with Gasteiger partial charge in [-0.2, -0.15) is 0 Å². The third kappa shape index (κ3) is 2.30. The van der Waals surface area contributed by atoms with Crippen LogP contribution in [-0.4, -0.2) is 17.6 Å². The number of carbonyl (C=O) groups excluding carboxylic acids is 1. The molecule has 0 fully saturated rings. The first kappa shape index (κ1) is 11.6. The highest BCUT2D eigenvalue weighted by atomic mass is 16.5. The minimum atomic E-state index is -0.414. The van der Waals surface area contributed by atoms with Gasteiger partial charge in [-0.1, -0.05) is 19.1 Å². The molecule has 0 amide bonds. The summed E-state index contributed by atoms with van der Waals surface area (Å²) in [7, 11) is 0. The molecule has 0 saturated heterocycles. The second-order valence-electron chi connectivity index (χ2n) is 3.73. The first-order valence-corrected chi connectivity index (χ1v) is 5.78. The molecule has 0 aliphatic rings. The van der Waals surface area contributed by atoms with Gasteiger partial charge in [-0.3, -0.25) is 4.79 Å². The Morgan fingerprint density at radius 2 is 2.18 bits per heavy atom. The van der Waals surface area contributed by atoms with E-state index in [4.69, 9.17) is 9.15 Å². The quantitative estimate of drug-likeness (QED) is 0.762. The zero-order valence-corrected chi connectivity index (χ0v) is 9.97. The summed E-state index contributed by atoms with van der Waals surface area (Å²) >= 11 is 0. The molecule has 4 nitrogen and oxygen atoms in total. The summed E-state index contributed by atoms with van der Waals surface area (Å²) in [5.74, 6) is -0.254. The number of hydrogen-bond acceptors (Lipinski definition) is 4. The lowest BCUT2D eigenvalue weighted by Gasteiger charge is -2.08. The Labute approximate surface area is 99.6 Å². The average molecular weight is 233 g/mol. The first-order valence-electron chi connectivity index (χ1n) is 5.78. The average Bonchev–Trinajstić information content (AvgIpc) is 2.73. The highest BCUT2D eigenvalue weighted by molar-refractivity contribution is 5.79. The third-order valence-electron chi connectivity index (χ3n) is 2.59. The molecule has 1 aromatic carbocycles. The highest BCUT2D eigenvalue weighted by Crippen LogP contribution is 2.24. The van der Waals surface area contributed by atoms with E-state index in [1.165, 1.54) is 0 Å². The van der Waals surface area contributed by atoms with Crippen molar-refractivity contribution < 1.29 is 13.9 Å². The molecule has 0 spiro atoms. The minimum Gasteiger partial charge on any atom is -0.465 e. The van der Waals surface area contributed by atoms with Gasteiger partial charge in [0.15, 0.2) is 5.58 Å². The number of esters is 1. The molecule has 90 valence electrons. The van der Waals surface area contributed by atoms with Crippen LogP contribution in [0.2, 0.25) is 0 Å². The van der Waals surface area contributed by atoms with Crippen LogP contribution in [0.15, 0.2) is 28.7 Å². The lowest BCUT2D eigenvalue weighted by Crippen LogP contribution is -2.15. The van der Waals surface area contributed by atoms with Crippen LogP contribution in [0.3, 0.4) is 0 Å². The van der Waals surface area contributed by atoms with Crippen LogP contribution in [0.1, 0.15) is 32.1 Å². The Kier molecular flexibility index (Phi) is 3.42. The van der Waals surface area contributed by atoms with E-state index in [0.29, 0.717) is 24.5 Å². The lowest BCUT2D eigenvalue weighted by atomic mass is 10.1. The van der Waals surface area contributed by atoms with E-state index in [0.717, 1.165) is 5.52 Å². The van der Waals surface area contributed by atoms with Crippen molar-refractivity contribution in [3.63, 3.8) is 0 Å². The molecule has 0 saturated carbocycles. The number of aromatic nitrogens is 1. The van der Waals surface area contributed by atoms with Crippen LogP contribution in [0.25, 0.3) is 11.1 Å². The van der Waals surface area contributed by atoms with Gasteiger partial charge < -0.3 is 9.15 Å². The lowest BCUT2D eigenvalue weighted by molar-refractivity contribution is -0.145. The van der Waals surface area contributed by atoms with Gasteiger partial charge in [0.1, 0.15) is 11.4 Å². The molecule has 1 aromatic heterocycles. The third-order valence-corrected chi connectivity index (χ3v) is 2.59. The van der Waals surface area contributed by atoms with Crippen molar-refractivity contribution >= 4 is 17.1 Å². The number of fused-ring (bicyclic) bond motifs is 1. The van der Waals surface area contributed by atoms with E-state index < -0.39 is 5.92 Å². The molecule has 2 aromatic rings. The molecule has 1 unspecified atom stereocenters. The maximum absolute atomic E-state index is 11.7. The predicted molar refractivity (Wildman–Crippen MR) is 63.7 cm³/mol. The number of nitrogens with zero attached hydrogens (tertiary/aromatic N) is 1. The maximum atomic E-state index is 11.7. The Morgan fingerprint density at radius 1 is 1.41 bits per heavy atom. The van der Waals surface area contributed by atoms with Crippen molar-refractivity contribution in [2.24, 2.45) is 0 Å². The van der Waals surface area contributed by atoms with Crippen molar-refractivity contribution in [2.75, 3.05) is 6.61 Å². The van der Waals surface area contributed by atoms with Crippen molar-refractivity contribution in [1.82, 2.24) is 4.98 Å². The standard InChI is InChI=1S/C13H15NO3/c1-3-9(13(15)16-4-2)12-14-10-7-5-6-8-11(10)17-12/h5-9H,3-4H2,1-2H3. The monoisotopic (exact) mass is 233 g/mol. The number of benzene rings is 1. The number of ether oxygens (including phenoxy) is 1. The minimum absolute atomic E-state index is 0.276. The van der Waals surface area contributed by atoms with Gasteiger partial charge in [-0.05, 0) is 25.5 Å². The van der Waals surface area contributed by atoms with Crippen LogP contribution in [0.5, 0.6) is 0 Å². The molecule has 0 bridgehead atoms.